The van der Waals surface area contributed by atoms with Gasteiger partial charge in [-0.3, -0.25) is 4.79 Å². The lowest BCUT2D eigenvalue weighted by atomic mass is 9.53. The summed E-state index contributed by atoms with van der Waals surface area (Å²) in [5, 5.41) is 0. The van der Waals surface area contributed by atoms with Crippen LogP contribution in [0.1, 0.15) is 53.4 Å². The molecule has 0 unspecified atom stereocenters. The molecule has 0 bridgehead atoms. The molecule has 1 fully saturated rings. The predicted octanol–water partition coefficient (Wildman–Crippen LogP) is 3.04. The number of nitrogens with two attached hydrogens (primary N) is 1. The van der Waals surface area contributed by atoms with Crippen LogP contribution in [-0.2, 0) is 9.53 Å². The van der Waals surface area contributed by atoms with Crippen molar-refractivity contribution in [3.05, 3.63) is 11.6 Å². The highest BCUT2D eigenvalue weighted by Gasteiger charge is 2.55. The van der Waals surface area contributed by atoms with Gasteiger partial charge >= 0.3 is 5.97 Å². The van der Waals surface area contributed by atoms with Crippen LogP contribution < -0.4 is 5.73 Å². The number of rotatable bonds is 4. The van der Waals surface area contributed by atoms with Gasteiger partial charge in [0.05, 0.1) is 6.42 Å². The molecule has 2 aliphatic carbocycles. The fourth-order valence-electron chi connectivity index (χ4n) is 3.70. The van der Waals surface area contributed by atoms with Crippen LogP contribution in [0.25, 0.3) is 0 Å². The van der Waals surface area contributed by atoms with E-state index in [1.54, 1.807) is 0 Å². The Balaban J connectivity index is 2.02. The standard InChI is InChI=1S/C16H27NO2/c1-5-11-6-12-8-16(10-17,13(12)7-11)9-14(18)19-15(2,3)4/h7,12-13H,5-6,8-10,17H2,1-4H3/t12-,13-,16+/m1/s1. The van der Waals surface area contributed by atoms with Crippen LogP contribution >= 0.6 is 0 Å². The van der Waals surface area contributed by atoms with Crippen molar-refractivity contribution >= 4 is 5.97 Å². The molecule has 0 radical (unpaired) electrons. The molecule has 0 amide bonds. The van der Waals surface area contributed by atoms with Gasteiger partial charge in [0.15, 0.2) is 0 Å². The van der Waals surface area contributed by atoms with E-state index in [-0.39, 0.29) is 11.4 Å². The number of esters is 1. The van der Waals surface area contributed by atoms with E-state index in [0.717, 1.165) is 18.8 Å². The topological polar surface area (TPSA) is 52.3 Å². The molecular weight excluding hydrogens is 238 g/mol. The molecule has 108 valence electrons. The third-order valence-corrected chi connectivity index (χ3v) is 4.60. The monoisotopic (exact) mass is 265 g/mol. The molecule has 2 aliphatic rings. The molecule has 0 aliphatic heterocycles. The molecule has 3 atom stereocenters. The number of hydrogen-bond donors (Lipinski definition) is 1. The van der Waals surface area contributed by atoms with Gasteiger partial charge < -0.3 is 10.5 Å². The molecule has 1 saturated carbocycles. The summed E-state index contributed by atoms with van der Waals surface area (Å²) in [5.41, 5.74) is 7.08. The molecule has 0 saturated heterocycles. The van der Waals surface area contributed by atoms with Crippen molar-refractivity contribution in [1.29, 1.82) is 0 Å². The lowest BCUT2D eigenvalue weighted by molar-refractivity contribution is -0.162. The fraction of sp³-hybridized carbons (Fsp3) is 0.812. The molecule has 19 heavy (non-hydrogen) atoms. The summed E-state index contributed by atoms with van der Waals surface area (Å²) in [6.45, 7) is 8.52. The van der Waals surface area contributed by atoms with Crippen LogP contribution in [0.15, 0.2) is 11.6 Å². The lowest BCUT2D eigenvalue weighted by Crippen LogP contribution is -2.51. The van der Waals surface area contributed by atoms with Crippen molar-refractivity contribution in [3.8, 4) is 0 Å². The van der Waals surface area contributed by atoms with Gasteiger partial charge in [0.1, 0.15) is 5.60 Å². The third kappa shape index (κ3) is 2.86. The highest BCUT2D eigenvalue weighted by molar-refractivity contribution is 5.71. The number of allylic oxidation sites excluding steroid dienone is 2. The second-order valence-electron chi connectivity index (χ2n) is 7.20. The molecule has 3 heteroatoms. The first kappa shape index (κ1) is 14.6. The highest BCUT2D eigenvalue weighted by Crippen LogP contribution is 2.59. The van der Waals surface area contributed by atoms with E-state index >= 15 is 0 Å². The summed E-state index contributed by atoms with van der Waals surface area (Å²) < 4.78 is 5.46. The van der Waals surface area contributed by atoms with E-state index in [9.17, 15) is 4.79 Å². The molecular formula is C16H27NO2. The Hall–Kier alpha value is -0.830. The van der Waals surface area contributed by atoms with E-state index in [0.29, 0.717) is 18.9 Å². The molecule has 0 heterocycles. The number of hydrogen-bond acceptors (Lipinski definition) is 3. The van der Waals surface area contributed by atoms with Gasteiger partial charge in [-0.1, -0.05) is 18.6 Å². The Bertz CT molecular complexity index is 394. The van der Waals surface area contributed by atoms with Crippen molar-refractivity contribution in [2.75, 3.05) is 6.54 Å². The predicted molar refractivity (Wildman–Crippen MR) is 76.5 cm³/mol. The quantitative estimate of drug-likeness (QED) is 0.628. The zero-order valence-electron chi connectivity index (χ0n) is 12.7. The summed E-state index contributed by atoms with van der Waals surface area (Å²) in [6, 6.07) is 0. The molecule has 3 nitrogen and oxygen atoms in total. The summed E-state index contributed by atoms with van der Waals surface area (Å²) in [6.07, 6.45) is 6.26. The zero-order chi connectivity index (χ0) is 14.3. The maximum Gasteiger partial charge on any atom is 0.306 e. The minimum Gasteiger partial charge on any atom is -0.460 e. The molecule has 0 aromatic carbocycles. The highest BCUT2D eigenvalue weighted by atomic mass is 16.6. The van der Waals surface area contributed by atoms with Gasteiger partial charge in [0.2, 0.25) is 0 Å². The molecule has 0 aromatic heterocycles. The lowest BCUT2D eigenvalue weighted by Gasteiger charge is -2.51. The summed E-state index contributed by atoms with van der Waals surface area (Å²) in [5.74, 6) is 1.12. The van der Waals surface area contributed by atoms with E-state index in [2.05, 4.69) is 13.0 Å². The average molecular weight is 265 g/mol. The normalized spacial score (nSPS) is 33.4. The first-order chi connectivity index (χ1) is 8.79. The van der Waals surface area contributed by atoms with Crippen LogP contribution in [0.2, 0.25) is 0 Å². The van der Waals surface area contributed by atoms with E-state index < -0.39 is 5.60 Å². The van der Waals surface area contributed by atoms with Crippen LogP contribution in [0.3, 0.4) is 0 Å². The van der Waals surface area contributed by atoms with E-state index in [1.807, 2.05) is 20.8 Å². The van der Waals surface area contributed by atoms with Gasteiger partial charge in [-0.25, -0.2) is 0 Å². The maximum atomic E-state index is 12.1. The van der Waals surface area contributed by atoms with Crippen LogP contribution in [0, 0.1) is 17.3 Å². The fourth-order valence-corrected chi connectivity index (χ4v) is 3.70. The van der Waals surface area contributed by atoms with E-state index in [4.69, 9.17) is 10.5 Å². The smallest absolute Gasteiger partial charge is 0.306 e. The first-order valence-electron chi connectivity index (χ1n) is 7.41. The van der Waals surface area contributed by atoms with Gasteiger partial charge in [0.25, 0.3) is 0 Å². The average Bonchev–Trinajstić information content (AvgIpc) is 2.62. The van der Waals surface area contributed by atoms with Gasteiger partial charge in [-0.2, -0.15) is 0 Å². The minimum absolute atomic E-state index is 0.0378. The Morgan fingerprint density at radius 3 is 2.74 bits per heavy atom. The molecule has 2 rings (SSSR count). The molecule has 0 spiro atoms. The van der Waals surface area contributed by atoms with Gasteiger partial charge in [-0.15, -0.1) is 0 Å². The molecule has 2 N–H and O–H groups in total. The Kier molecular flexibility index (Phi) is 3.78. The number of ether oxygens (including phenoxy) is 1. The Labute approximate surface area is 116 Å². The summed E-state index contributed by atoms with van der Waals surface area (Å²) in [7, 11) is 0. The summed E-state index contributed by atoms with van der Waals surface area (Å²) >= 11 is 0. The Morgan fingerprint density at radius 2 is 2.21 bits per heavy atom. The summed E-state index contributed by atoms with van der Waals surface area (Å²) in [4.78, 5) is 12.1. The maximum absolute atomic E-state index is 12.1. The van der Waals surface area contributed by atoms with Crippen LogP contribution in [0.5, 0.6) is 0 Å². The molecule has 0 aromatic rings. The number of carbonyl (C=O) groups excluding carboxylic acids is 1. The number of carbonyl (C=O) groups is 1. The van der Waals surface area contributed by atoms with Crippen LogP contribution in [0.4, 0.5) is 0 Å². The van der Waals surface area contributed by atoms with E-state index in [1.165, 1.54) is 12.0 Å². The van der Waals surface area contributed by atoms with Gasteiger partial charge in [0, 0.05) is 0 Å². The first-order valence-corrected chi connectivity index (χ1v) is 7.41. The van der Waals surface area contributed by atoms with Crippen molar-refractivity contribution < 1.29 is 9.53 Å². The SMILES string of the molecule is CCC1=C[C@@H]2[C@H](C1)C[C@@]2(CN)CC(=O)OC(C)(C)C. The zero-order valence-corrected chi connectivity index (χ0v) is 12.7. The third-order valence-electron chi connectivity index (χ3n) is 4.60. The second kappa shape index (κ2) is 4.93. The largest absolute Gasteiger partial charge is 0.460 e. The van der Waals surface area contributed by atoms with Crippen molar-refractivity contribution in [3.63, 3.8) is 0 Å². The van der Waals surface area contributed by atoms with Crippen molar-refractivity contribution in [1.82, 2.24) is 0 Å². The second-order valence-corrected chi connectivity index (χ2v) is 7.20. The number of fused-ring (bicyclic) bond motifs is 1. The van der Waals surface area contributed by atoms with Crippen molar-refractivity contribution in [2.45, 2.75) is 59.0 Å². The van der Waals surface area contributed by atoms with Crippen molar-refractivity contribution in [2.24, 2.45) is 23.0 Å². The Morgan fingerprint density at radius 1 is 1.53 bits per heavy atom. The van der Waals surface area contributed by atoms with Gasteiger partial charge in [-0.05, 0) is 63.8 Å². The van der Waals surface area contributed by atoms with Crippen LogP contribution in [-0.4, -0.2) is 18.1 Å². The minimum atomic E-state index is -0.407.